The number of benzene rings is 2. The third kappa shape index (κ3) is 3.64. The van der Waals surface area contributed by atoms with Gasteiger partial charge in [-0.1, -0.05) is 56.3 Å². The highest BCUT2D eigenvalue weighted by Gasteiger charge is 2.17. The van der Waals surface area contributed by atoms with E-state index < -0.39 is 0 Å². The molecule has 32 heavy (non-hydrogen) atoms. The first-order chi connectivity index (χ1) is 15.7. The Morgan fingerprint density at radius 3 is 2.66 bits per heavy atom. The van der Waals surface area contributed by atoms with Gasteiger partial charge in [0.15, 0.2) is 5.65 Å². The Balaban J connectivity index is 1.48. The predicted octanol–water partition coefficient (Wildman–Crippen LogP) is 5.97. The van der Waals surface area contributed by atoms with Crippen molar-refractivity contribution in [2.75, 3.05) is 19.0 Å². The van der Waals surface area contributed by atoms with Gasteiger partial charge in [-0.15, -0.1) is 0 Å². The van der Waals surface area contributed by atoms with Crippen molar-refractivity contribution in [1.29, 1.82) is 0 Å². The summed E-state index contributed by atoms with van der Waals surface area (Å²) in [5.74, 6) is 2.09. The van der Waals surface area contributed by atoms with Crippen LogP contribution in [-0.2, 0) is 6.42 Å². The number of rotatable bonds is 7. The first-order valence-electron chi connectivity index (χ1n) is 11.2. The predicted molar refractivity (Wildman–Crippen MR) is 130 cm³/mol. The van der Waals surface area contributed by atoms with Crippen LogP contribution in [0, 0.1) is 0 Å². The number of fused-ring (bicyclic) bond motifs is 2. The molecule has 0 fully saturated rings. The first kappa shape index (κ1) is 20.3. The minimum Gasteiger partial charge on any atom is -0.496 e. The number of para-hydroxylation sites is 1. The minimum atomic E-state index is 0.334. The summed E-state index contributed by atoms with van der Waals surface area (Å²) >= 11 is 0. The normalized spacial score (nSPS) is 12.8. The van der Waals surface area contributed by atoms with Crippen LogP contribution in [0.1, 0.15) is 42.9 Å². The third-order valence-corrected chi connectivity index (χ3v) is 6.14. The zero-order chi connectivity index (χ0) is 22.1. The van der Waals surface area contributed by atoms with Gasteiger partial charge in [0.2, 0.25) is 0 Å². The fraction of sp³-hybridized carbons (Fsp3) is 0.259. The molecular formula is C27H28N4O. The van der Waals surface area contributed by atoms with Crippen molar-refractivity contribution >= 4 is 17.0 Å². The van der Waals surface area contributed by atoms with Gasteiger partial charge in [0.1, 0.15) is 11.6 Å². The summed E-state index contributed by atoms with van der Waals surface area (Å²) in [7, 11) is 1.70. The van der Waals surface area contributed by atoms with E-state index in [-0.39, 0.29) is 0 Å². The Bertz CT molecular complexity index is 1300. The molecule has 2 heterocycles. The SMILES string of the molecule is COc1ccccc1-c1cc(NCCC2=CCc3ccccc32)n2ncc(C(C)C)c2n1. The van der Waals surface area contributed by atoms with Gasteiger partial charge in [0, 0.05) is 23.7 Å². The van der Waals surface area contributed by atoms with E-state index in [2.05, 4.69) is 60.7 Å². The largest absolute Gasteiger partial charge is 0.496 e. The summed E-state index contributed by atoms with van der Waals surface area (Å²) in [5, 5.41) is 8.27. The highest BCUT2D eigenvalue weighted by Crippen LogP contribution is 2.33. The van der Waals surface area contributed by atoms with Crippen LogP contribution in [0.15, 0.2) is 66.9 Å². The maximum atomic E-state index is 5.60. The smallest absolute Gasteiger partial charge is 0.161 e. The molecule has 162 valence electrons. The molecule has 5 nitrogen and oxygen atoms in total. The van der Waals surface area contributed by atoms with Crippen LogP contribution in [0.2, 0.25) is 0 Å². The minimum absolute atomic E-state index is 0.334. The van der Waals surface area contributed by atoms with Gasteiger partial charge in [-0.05, 0) is 47.6 Å². The molecule has 5 heteroatoms. The molecule has 0 saturated heterocycles. The fourth-order valence-electron chi connectivity index (χ4n) is 4.42. The van der Waals surface area contributed by atoms with E-state index in [0.717, 1.165) is 53.4 Å². The van der Waals surface area contributed by atoms with E-state index >= 15 is 0 Å². The summed E-state index contributed by atoms with van der Waals surface area (Å²) in [4.78, 5) is 4.98. The van der Waals surface area contributed by atoms with Gasteiger partial charge in [-0.2, -0.15) is 9.61 Å². The van der Waals surface area contributed by atoms with E-state index in [1.807, 2.05) is 35.0 Å². The monoisotopic (exact) mass is 424 g/mol. The maximum absolute atomic E-state index is 5.60. The average Bonchev–Trinajstić information content (AvgIpc) is 3.43. The topological polar surface area (TPSA) is 51.5 Å². The zero-order valence-electron chi connectivity index (χ0n) is 18.8. The summed E-state index contributed by atoms with van der Waals surface area (Å²) < 4.78 is 7.52. The lowest BCUT2D eigenvalue weighted by Crippen LogP contribution is -2.09. The van der Waals surface area contributed by atoms with Crippen molar-refractivity contribution in [3.63, 3.8) is 0 Å². The second-order valence-corrected chi connectivity index (χ2v) is 8.48. The molecule has 0 spiro atoms. The molecule has 0 aliphatic heterocycles. The van der Waals surface area contributed by atoms with Crippen molar-refractivity contribution in [2.24, 2.45) is 0 Å². The lowest BCUT2D eigenvalue weighted by atomic mass is 10.0. The average molecular weight is 425 g/mol. The molecule has 0 amide bonds. The molecule has 0 bridgehead atoms. The number of allylic oxidation sites excluding steroid dienone is 1. The number of nitrogens with zero attached hydrogens (tertiary/aromatic N) is 3. The summed E-state index contributed by atoms with van der Waals surface area (Å²) in [6, 6.07) is 18.8. The molecule has 0 radical (unpaired) electrons. The van der Waals surface area contributed by atoms with Crippen LogP contribution in [0.3, 0.4) is 0 Å². The zero-order valence-corrected chi connectivity index (χ0v) is 18.8. The van der Waals surface area contributed by atoms with Crippen LogP contribution in [-0.4, -0.2) is 28.3 Å². The molecule has 4 aromatic rings. The molecule has 2 aromatic carbocycles. The third-order valence-electron chi connectivity index (χ3n) is 6.14. The molecule has 5 rings (SSSR count). The van der Waals surface area contributed by atoms with Gasteiger partial charge in [0.25, 0.3) is 0 Å². The van der Waals surface area contributed by atoms with Crippen LogP contribution < -0.4 is 10.1 Å². The van der Waals surface area contributed by atoms with Crippen LogP contribution >= 0.6 is 0 Å². The number of hydrogen-bond donors (Lipinski definition) is 1. The number of ether oxygens (including phenoxy) is 1. The Labute approximate surface area is 188 Å². The summed E-state index contributed by atoms with van der Waals surface area (Å²) in [6.45, 7) is 5.17. The van der Waals surface area contributed by atoms with Crippen molar-refractivity contribution in [3.8, 4) is 17.0 Å². The molecule has 1 aliphatic carbocycles. The molecule has 2 aromatic heterocycles. The lowest BCUT2D eigenvalue weighted by Gasteiger charge is -2.14. The number of aromatic nitrogens is 3. The van der Waals surface area contributed by atoms with Crippen LogP contribution in [0.25, 0.3) is 22.5 Å². The molecule has 0 unspecified atom stereocenters. The maximum Gasteiger partial charge on any atom is 0.161 e. The van der Waals surface area contributed by atoms with E-state index in [4.69, 9.17) is 9.72 Å². The van der Waals surface area contributed by atoms with Crippen molar-refractivity contribution in [2.45, 2.75) is 32.6 Å². The molecule has 1 N–H and O–H groups in total. The second-order valence-electron chi connectivity index (χ2n) is 8.48. The highest BCUT2D eigenvalue weighted by molar-refractivity contribution is 5.74. The van der Waals surface area contributed by atoms with E-state index in [1.54, 1.807) is 7.11 Å². The second kappa shape index (κ2) is 8.50. The van der Waals surface area contributed by atoms with E-state index in [9.17, 15) is 0 Å². The number of hydrogen-bond acceptors (Lipinski definition) is 4. The van der Waals surface area contributed by atoms with Gasteiger partial charge >= 0.3 is 0 Å². The van der Waals surface area contributed by atoms with Crippen LogP contribution in [0.4, 0.5) is 5.82 Å². The lowest BCUT2D eigenvalue weighted by molar-refractivity contribution is 0.416. The van der Waals surface area contributed by atoms with Gasteiger partial charge < -0.3 is 10.1 Å². The number of methoxy groups -OCH3 is 1. The van der Waals surface area contributed by atoms with Crippen LogP contribution in [0.5, 0.6) is 5.75 Å². The Morgan fingerprint density at radius 2 is 1.84 bits per heavy atom. The molecule has 0 saturated carbocycles. The molecule has 1 aliphatic rings. The van der Waals surface area contributed by atoms with Gasteiger partial charge in [-0.25, -0.2) is 4.98 Å². The highest BCUT2D eigenvalue weighted by atomic mass is 16.5. The Kier molecular flexibility index (Phi) is 5.39. The van der Waals surface area contributed by atoms with E-state index in [0.29, 0.717) is 5.92 Å². The number of nitrogens with one attached hydrogen (secondary N) is 1. The standard InChI is InChI=1S/C27H28N4O/c1-18(2)23-17-29-31-26(28-15-14-20-13-12-19-8-4-5-9-21(19)20)16-24(30-27(23)31)22-10-6-7-11-25(22)32-3/h4-11,13,16-18,28H,12,14-15H2,1-3H3. The Morgan fingerprint density at radius 1 is 1.06 bits per heavy atom. The summed E-state index contributed by atoms with van der Waals surface area (Å²) in [6.07, 6.45) is 6.27. The quantitative estimate of drug-likeness (QED) is 0.397. The van der Waals surface area contributed by atoms with E-state index in [1.165, 1.54) is 16.7 Å². The van der Waals surface area contributed by atoms with Crippen molar-refractivity contribution < 1.29 is 4.74 Å². The molecule has 0 atom stereocenters. The Hall–Kier alpha value is -3.60. The first-order valence-corrected chi connectivity index (χ1v) is 11.2. The fourth-order valence-corrected chi connectivity index (χ4v) is 4.42. The van der Waals surface area contributed by atoms with Crippen molar-refractivity contribution in [1.82, 2.24) is 14.6 Å². The van der Waals surface area contributed by atoms with Gasteiger partial charge in [0.05, 0.1) is 19.0 Å². The van der Waals surface area contributed by atoms with Gasteiger partial charge in [-0.3, -0.25) is 0 Å². The van der Waals surface area contributed by atoms with Crippen molar-refractivity contribution in [3.05, 3.63) is 83.6 Å². The summed E-state index contributed by atoms with van der Waals surface area (Å²) in [5.41, 5.74) is 8.08. The number of anilines is 1. The molecular weight excluding hydrogens is 396 g/mol.